The molecule has 6 heteroatoms. The maximum atomic E-state index is 13.2. The number of hydrogen-bond donors (Lipinski definition) is 2. The number of carboxylic acids is 1. The van der Waals surface area contributed by atoms with Crippen LogP contribution in [0.1, 0.15) is 32.1 Å². The Morgan fingerprint density at radius 3 is 2.76 bits per heavy atom. The monoisotopic (exact) mass is 267 g/mol. The number of halogens is 2. The van der Waals surface area contributed by atoms with Gasteiger partial charge in [-0.2, -0.15) is 11.8 Å². The van der Waals surface area contributed by atoms with E-state index in [0.717, 1.165) is 0 Å². The summed E-state index contributed by atoms with van der Waals surface area (Å²) in [7, 11) is 0. The van der Waals surface area contributed by atoms with Gasteiger partial charge in [0.25, 0.3) is 5.92 Å². The van der Waals surface area contributed by atoms with Crippen molar-refractivity contribution in [2.24, 2.45) is 11.7 Å². The minimum Gasteiger partial charge on any atom is -0.480 e. The minimum atomic E-state index is -2.49. The molecule has 1 saturated carbocycles. The Labute approximate surface area is 104 Å². The lowest BCUT2D eigenvalue weighted by Crippen LogP contribution is -2.30. The summed E-state index contributed by atoms with van der Waals surface area (Å²) >= 11 is 1.51. The summed E-state index contributed by atoms with van der Waals surface area (Å²) in [5.74, 6) is -2.70. The van der Waals surface area contributed by atoms with Crippen LogP contribution in [0.3, 0.4) is 0 Å². The highest BCUT2D eigenvalue weighted by Gasteiger charge is 2.42. The van der Waals surface area contributed by atoms with E-state index in [-0.39, 0.29) is 6.42 Å². The van der Waals surface area contributed by atoms with E-state index >= 15 is 0 Å². The van der Waals surface area contributed by atoms with Crippen molar-refractivity contribution >= 4 is 17.7 Å². The highest BCUT2D eigenvalue weighted by molar-refractivity contribution is 7.99. The van der Waals surface area contributed by atoms with Crippen LogP contribution in [0.4, 0.5) is 8.78 Å². The summed E-state index contributed by atoms with van der Waals surface area (Å²) in [6.45, 7) is 0. The molecule has 0 heterocycles. The van der Waals surface area contributed by atoms with Gasteiger partial charge in [-0.1, -0.05) is 0 Å². The van der Waals surface area contributed by atoms with Gasteiger partial charge in [0, 0.05) is 12.3 Å². The first-order valence-electron chi connectivity index (χ1n) is 5.87. The molecule has 0 amide bonds. The second kappa shape index (κ2) is 6.54. The van der Waals surface area contributed by atoms with Gasteiger partial charge in [-0.15, -0.1) is 0 Å². The fourth-order valence-electron chi connectivity index (χ4n) is 2.02. The Kier molecular flexibility index (Phi) is 5.66. The summed E-state index contributed by atoms with van der Waals surface area (Å²) in [5.41, 5.74) is 5.33. The van der Waals surface area contributed by atoms with Crippen LogP contribution in [0, 0.1) is 5.92 Å². The zero-order valence-corrected chi connectivity index (χ0v) is 10.5. The van der Waals surface area contributed by atoms with Crippen LogP contribution in [-0.2, 0) is 4.79 Å². The van der Waals surface area contributed by atoms with Crippen molar-refractivity contribution < 1.29 is 18.7 Å². The molecule has 0 aromatic carbocycles. The highest BCUT2D eigenvalue weighted by Crippen LogP contribution is 2.42. The number of nitrogens with two attached hydrogens (primary N) is 1. The molecule has 0 radical (unpaired) electrons. The van der Waals surface area contributed by atoms with E-state index in [4.69, 9.17) is 10.8 Å². The minimum absolute atomic E-state index is 0.0201. The number of thioether (sulfide) groups is 1. The molecule has 1 fully saturated rings. The molecule has 2 unspecified atom stereocenters. The fraction of sp³-hybridized carbons (Fsp3) is 0.909. The second-order valence-electron chi connectivity index (χ2n) is 4.48. The Morgan fingerprint density at radius 2 is 2.24 bits per heavy atom. The predicted molar refractivity (Wildman–Crippen MR) is 64.5 cm³/mol. The van der Waals surface area contributed by atoms with Crippen molar-refractivity contribution in [3.05, 3.63) is 0 Å². The maximum absolute atomic E-state index is 13.2. The highest BCUT2D eigenvalue weighted by atomic mass is 32.2. The van der Waals surface area contributed by atoms with Gasteiger partial charge in [-0.05, 0) is 37.2 Å². The van der Waals surface area contributed by atoms with Crippen LogP contribution in [0.15, 0.2) is 0 Å². The van der Waals surface area contributed by atoms with Crippen LogP contribution < -0.4 is 5.73 Å². The third-order valence-corrected chi connectivity index (χ3v) is 4.21. The summed E-state index contributed by atoms with van der Waals surface area (Å²) in [4.78, 5) is 10.4. The van der Waals surface area contributed by atoms with Gasteiger partial charge < -0.3 is 10.8 Å². The van der Waals surface area contributed by atoms with Crippen LogP contribution in [0.25, 0.3) is 0 Å². The molecule has 2 atom stereocenters. The Morgan fingerprint density at radius 1 is 1.53 bits per heavy atom. The van der Waals surface area contributed by atoms with Crippen LogP contribution in [0.2, 0.25) is 0 Å². The smallest absolute Gasteiger partial charge is 0.320 e. The van der Waals surface area contributed by atoms with Crippen molar-refractivity contribution in [1.29, 1.82) is 0 Å². The first kappa shape index (κ1) is 14.7. The number of alkyl halides is 2. The molecule has 1 rings (SSSR count). The van der Waals surface area contributed by atoms with Crippen LogP contribution >= 0.6 is 11.8 Å². The van der Waals surface area contributed by atoms with Gasteiger partial charge in [-0.3, -0.25) is 4.79 Å². The SMILES string of the molecule is NC(CCSCCC1CCCC1(F)F)C(=O)O. The van der Waals surface area contributed by atoms with Crippen LogP contribution in [0.5, 0.6) is 0 Å². The lowest BCUT2D eigenvalue weighted by Gasteiger charge is -2.18. The van der Waals surface area contributed by atoms with Gasteiger partial charge in [0.1, 0.15) is 6.04 Å². The zero-order valence-electron chi connectivity index (χ0n) is 9.70. The molecule has 0 spiro atoms. The first-order chi connectivity index (χ1) is 7.93. The first-order valence-corrected chi connectivity index (χ1v) is 7.03. The van der Waals surface area contributed by atoms with E-state index in [2.05, 4.69) is 0 Å². The molecule has 3 nitrogen and oxygen atoms in total. The van der Waals surface area contributed by atoms with Crippen molar-refractivity contribution in [1.82, 2.24) is 0 Å². The van der Waals surface area contributed by atoms with Gasteiger partial charge in [0.05, 0.1) is 0 Å². The van der Waals surface area contributed by atoms with Crippen molar-refractivity contribution in [2.75, 3.05) is 11.5 Å². The number of rotatable bonds is 7. The lowest BCUT2D eigenvalue weighted by atomic mass is 10.0. The predicted octanol–water partition coefficient (Wildman–Crippen LogP) is 2.35. The molecule has 3 N–H and O–H groups in total. The van der Waals surface area contributed by atoms with Crippen molar-refractivity contribution in [2.45, 2.75) is 44.1 Å². The largest absolute Gasteiger partial charge is 0.480 e. The fourth-order valence-corrected chi connectivity index (χ4v) is 3.09. The lowest BCUT2D eigenvalue weighted by molar-refractivity contribution is -0.138. The number of hydrogen-bond acceptors (Lipinski definition) is 3. The van der Waals surface area contributed by atoms with E-state index in [1.807, 2.05) is 0 Å². The molecule has 0 saturated heterocycles. The average Bonchev–Trinajstić information content (AvgIpc) is 2.57. The van der Waals surface area contributed by atoms with Gasteiger partial charge >= 0.3 is 5.97 Å². The Bertz CT molecular complexity index is 264. The third-order valence-electron chi connectivity index (χ3n) is 3.16. The Hall–Kier alpha value is -0.360. The van der Waals surface area contributed by atoms with Crippen LogP contribution in [-0.4, -0.2) is 34.5 Å². The van der Waals surface area contributed by atoms with E-state index in [1.165, 1.54) is 11.8 Å². The van der Waals surface area contributed by atoms with E-state index in [9.17, 15) is 13.6 Å². The number of carboxylic acid groups (broad SMARTS) is 1. The van der Waals surface area contributed by atoms with E-state index in [0.29, 0.717) is 37.2 Å². The number of aliphatic carboxylic acids is 1. The van der Waals surface area contributed by atoms with E-state index in [1.54, 1.807) is 0 Å². The number of carbonyl (C=O) groups is 1. The topological polar surface area (TPSA) is 63.3 Å². The van der Waals surface area contributed by atoms with Crippen molar-refractivity contribution in [3.63, 3.8) is 0 Å². The quantitative estimate of drug-likeness (QED) is 0.695. The van der Waals surface area contributed by atoms with Gasteiger partial charge in [0.2, 0.25) is 0 Å². The normalized spacial score (nSPS) is 24.8. The molecular formula is C11H19F2NO2S. The molecule has 0 aliphatic heterocycles. The summed E-state index contributed by atoms with van der Waals surface area (Å²) in [5, 5.41) is 8.55. The molecule has 0 aromatic heterocycles. The molecule has 0 bridgehead atoms. The summed E-state index contributed by atoms with van der Waals surface area (Å²) in [6.07, 6.45) is 2.15. The summed E-state index contributed by atoms with van der Waals surface area (Å²) < 4.78 is 26.5. The molecule has 100 valence electrons. The molecule has 0 aromatic rings. The third kappa shape index (κ3) is 4.79. The zero-order chi connectivity index (χ0) is 12.9. The standard InChI is InChI=1S/C11H19F2NO2S/c12-11(13)5-1-2-8(11)3-6-17-7-4-9(14)10(15)16/h8-9H,1-7,14H2,(H,15,16). The molecule has 17 heavy (non-hydrogen) atoms. The average molecular weight is 267 g/mol. The van der Waals surface area contributed by atoms with E-state index < -0.39 is 23.9 Å². The summed E-state index contributed by atoms with van der Waals surface area (Å²) in [6, 6.07) is -0.838. The van der Waals surface area contributed by atoms with Gasteiger partial charge in [-0.25, -0.2) is 8.78 Å². The Balaban J connectivity index is 2.07. The van der Waals surface area contributed by atoms with Gasteiger partial charge in [0.15, 0.2) is 0 Å². The molecule has 1 aliphatic carbocycles. The second-order valence-corrected chi connectivity index (χ2v) is 5.71. The van der Waals surface area contributed by atoms with Crippen molar-refractivity contribution in [3.8, 4) is 0 Å². The molecule has 1 aliphatic rings. The maximum Gasteiger partial charge on any atom is 0.320 e. The molecular weight excluding hydrogens is 248 g/mol.